The van der Waals surface area contributed by atoms with Crippen molar-refractivity contribution in [1.29, 1.82) is 0 Å². The molecule has 1 aliphatic rings. The van der Waals surface area contributed by atoms with Crippen molar-refractivity contribution < 1.29 is 9.90 Å². The highest BCUT2D eigenvalue weighted by Gasteiger charge is 2.29. The van der Waals surface area contributed by atoms with Crippen LogP contribution >= 0.6 is 23.2 Å². The molecule has 2 rings (SSSR count). The molecular formula is C12H13Cl2NO2. The summed E-state index contributed by atoms with van der Waals surface area (Å²) in [5.74, 6) is 0.155. The molecule has 0 bridgehead atoms. The zero-order valence-electron chi connectivity index (χ0n) is 9.12. The Morgan fingerprint density at radius 1 is 1.35 bits per heavy atom. The van der Waals surface area contributed by atoms with Gasteiger partial charge < -0.3 is 10.4 Å². The Morgan fingerprint density at radius 3 is 2.47 bits per heavy atom. The molecule has 1 aromatic rings. The van der Waals surface area contributed by atoms with Gasteiger partial charge in [-0.05, 0) is 36.6 Å². The molecule has 17 heavy (non-hydrogen) atoms. The highest BCUT2D eigenvalue weighted by Crippen LogP contribution is 2.29. The Hall–Kier alpha value is -0.770. The van der Waals surface area contributed by atoms with Crippen LogP contribution in [-0.2, 0) is 4.79 Å². The maximum absolute atomic E-state index is 11.4. The van der Waals surface area contributed by atoms with E-state index in [2.05, 4.69) is 5.32 Å². The molecule has 1 fully saturated rings. The van der Waals surface area contributed by atoms with Gasteiger partial charge in [-0.2, -0.15) is 0 Å². The van der Waals surface area contributed by atoms with Gasteiger partial charge in [-0.3, -0.25) is 4.79 Å². The van der Waals surface area contributed by atoms with Crippen LogP contribution in [0, 0.1) is 5.92 Å². The Kier molecular flexibility index (Phi) is 3.92. The van der Waals surface area contributed by atoms with Crippen molar-refractivity contribution in [1.82, 2.24) is 5.32 Å². The zero-order valence-corrected chi connectivity index (χ0v) is 10.6. The number of benzene rings is 1. The Balaban J connectivity index is 1.93. The molecule has 0 heterocycles. The first-order valence-electron chi connectivity index (χ1n) is 5.48. The lowest BCUT2D eigenvalue weighted by atomic mass is 10.1. The van der Waals surface area contributed by atoms with Gasteiger partial charge in [-0.1, -0.05) is 23.2 Å². The number of amides is 1. The van der Waals surface area contributed by atoms with Gasteiger partial charge in [-0.25, -0.2) is 0 Å². The molecule has 0 aromatic heterocycles. The average molecular weight is 274 g/mol. The van der Waals surface area contributed by atoms with Gasteiger partial charge >= 0.3 is 0 Å². The number of halogens is 2. The van der Waals surface area contributed by atoms with E-state index in [0.29, 0.717) is 15.6 Å². The van der Waals surface area contributed by atoms with Crippen LogP contribution in [0.2, 0.25) is 10.0 Å². The number of nitrogens with one attached hydrogen (secondary N) is 1. The molecule has 92 valence electrons. The minimum Gasteiger partial charge on any atom is -0.387 e. The molecule has 1 saturated carbocycles. The number of carbonyl (C=O) groups is 1. The van der Waals surface area contributed by atoms with Crippen LogP contribution in [0.4, 0.5) is 0 Å². The number of carbonyl (C=O) groups excluding carboxylic acids is 1. The van der Waals surface area contributed by atoms with Crippen molar-refractivity contribution in [2.24, 2.45) is 5.92 Å². The summed E-state index contributed by atoms with van der Waals surface area (Å²) < 4.78 is 0. The maximum atomic E-state index is 11.4. The predicted octanol–water partition coefficient (Wildman–Crippen LogP) is 2.55. The first-order valence-corrected chi connectivity index (χ1v) is 6.23. The summed E-state index contributed by atoms with van der Waals surface area (Å²) in [4.78, 5) is 11.4. The fraction of sp³-hybridized carbons (Fsp3) is 0.417. The molecule has 1 aliphatic carbocycles. The van der Waals surface area contributed by atoms with Gasteiger partial charge in [0.15, 0.2) is 0 Å². The molecule has 0 spiro atoms. The van der Waals surface area contributed by atoms with Crippen LogP contribution < -0.4 is 5.32 Å². The summed E-state index contributed by atoms with van der Waals surface area (Å²) in [7, 11) is 0. The van der Waals surface area contributed by atoms with Gasteiger partial charge in [0.25, 0.3) is 0 Å². The molecule has 1 atom stereocenters. The second-order valence-electron chi connectivity index (χ2n) is 4.24. The third kappa shape index (κ3) is 3.60. The summed E-state index contributed by atoms with van der Waals surface area (Å²) >= 11 is 11.7. The van der Waals surface area contributed by atoms with Gasteiger partial charge in [0.2, 0.25) is 5.91 Å². The molecule has 1 amide bonds. The van der Waals surface area contributed by atoms with E-state index < -0.39 is 6.10 Å². The van der Waals surface area contributed by atoms with E-state index in [4.69, 9.17) is 23.2 Å². The first-order chi connectivity index (χ1) is 8.06. The number of aliphatic hydroxyl groups is 1. The fourth-order valence-electron chi connectivity index (χ4n) is 1.57. The van der Waals surface area contributed by atoms with E-state index in [0.717, 1.165) is 12.8 Å². The number of hydrogen-bond donors (Lipinski definition) is 2. The molecular weight excluding hydrogens is 261 g/mol. The van der Waals surface area contributed by atoms with Crippen LogP contribution in [-0.4, -0.2) is 17.6 Å². The van der Waals surface area contributed by atoms with Crippen LogP contribution in [0.1, 0.15) is 24.5 Å². The van der Waals surface area contributed by atoms with Crippen LogP contribution in [0.15, 0.2) is 18.2 Å². The van der Waals surface area contributed by atoms with Gasteiger partial charge in [-0.15, -0.1) is 0 Å². The van der Waals surface area contributed by atoms with Crippen molar-refractivity contribution in [3.63, 3.8) is 0 Å². The van der Waals surface area contributed by atoms with Crippen molar-refractivity contribution in [3.05, 3.63) is 33.8 Å². The highest BCUT2D eigenvalue weighted by atomic mass is 35.5. The summed E-state index contributed by atoms with van der Waals surface area (Å²) in [5, 5.41) is 13.5. The smallest absolute Gasteiger partial charge is 0.223 e. The maximum Gasteiger partial charge on any atom is 0.223 e. The summed E-state index contributed by atoms with van der Waals surface area (Å²) in [6, 6.07) is 4.88. The monoisotopic (exact) mass is 273 g/mol. The molecule has 1 aromatic carbocycles. The Morgan fingerprint density at radius 2 is 1.94 bits per heavy atom. The lowest BCUT2D eigenvalue weighted by Crippen LogP contribution is -2.29. The zero-order chi connectivity index (χ0) is 12.4. The van der Waals surface area contributed by atoms with E-state index in [9.17, 15) is 9.90 Å². The second kappa shape index (κ2) is 5.25. The SMILES string of the molecule is O=C(NC[C@H](O)c1cc(Cl)cc(Cl)c1)C1CC1. The number of aliphatic hydroxyl groups excluding tert-OH is 1. The van der Waals surface area contributed by atoms with Crippen molar-refractivity contribution in [3.8, 4) is 0 Å². The van der Waals surface area contributed by atoms with Crippen molar-refractivity contribution in [2.45, 2.75) is 18.9 Å². The summed E-state index contributed by atoms with van der Waals surface area (Å²) in [5.41, 5.74) is 0.610. The topological polar surface area (TPSA) is 49.3 Å². The molecule has 3 nitrogen and oxygen atoms in total. The van der Waals surface area contributed by atoms with Gasteiger partial charge in [0.05, 0.1) is 6.10 Å². The predicted molar refractivity (Wildman–Crippen MR) is 67.2 cm³/mol. The van der Waals surface area contributed by atoms with Crippen molar-refractivity contribution in [2.75, 3.05) is 6.54 Å². The third-order valence-electron chi connectivity index (χ3n) is 2.69. The summed E-state index contributed by atoms with van der Waals surface area (Å²) in [6.45, 7) is 0.187. The molecule has 0 radical (unpaired) electrons. The number of hydrogen-bond acceptors (Lipinski definition) is 2. The largest absolute Gasteiger partial charge is 0.387 e. The third-order valence-corrected chi connectivity index (χ3v) is 3.12. The second-order valence-corrected chi connectivity index (χ2v) is 5.11. The van der Waals surface area contributed by atoms with E-state index in [1.54, 1.807) is 18.2 Å². The van der Waals surface area contributed by atoms with Crippen LogP contribution in [0.5, 0.6) is 0 Å². The van der Waals surface area contributed by atoms with Crippen LogP contribution in [0.3, 0.4) is 0 Å². The fourth-order valence-corrected chi connectivity index (χ4v) is 2.12. The molecule has 0 unspecified atom stereocenters. The molecule has 0 aliphatic heterocycles. The van der Waals surface area contributed by atoms with Gasteiger partial charge in [0.1, 0.15) is 0 Å². The van der Waals surface area contributed by atoms with E-state index in [1.165, 1.54) is 0 Å². The van der Waals surface area contributed by atoms with Crippen LogP contribution in [0.25, 0.3) is 0 Å². The first kappa shape index (κ1) is 12.7. The minimum absolute atomic E-state index is 0.0113. The number of rotatable bonds is 4. The Bertz CT molecular complexity index is 412. The summed E-state index contributed by atoms with van der Waals surface area (Å²) in [6.07, 6.45) is 1.12. The standard InChI is InChI=1S/C12H13Cl2NO2/c13-9-3-8(4-10(14)5-9)11(16)6-15-12(17)7-1-2-7/h3-5,7,11,16H,1-2,6H2,(H,15,17)/t11-/m0/s1. The van der Waals surface area contributed by atoms with E-state index in [1.807, 2.05) is 0 Å². The lowest BCUT2D eigenvalue weighted by molar-refractivity contribution is -0.122. The van der Waals surface area contributed by atoms with Gasteiger partial charge in [0, 0.05) is 22.5 Å². The molecule has 0 saturated heterocycles. The quantitative estimate of drug-likeness (QED) is 0.886. The van der Waals surface area contributed by atoms with Crippen molar-refractivity contribution >= 4 is 29.1 Å². The Labute approximate surface area is 110 Å². The van der Waals surface area contributed by atoms with E-state index >= 15 is 0 Å². The highest BCUT2D eigenvalue weighted by molar-refractivity contribution is 6.34. The average Bonchev–Trinajstić information content (AvgIpc) is 3.07. The molecule has 5 heteroatoms. The van der Waals surface area contributed by atoms with E-state index in [-0.39, 0.29) is 18.4 Å². The minimum atomic E-state index is -0.783. The lowest BCUT2D eigenvalue weighted by Gasteiger charge is -2.12. The normalized spacial score (nSPS) is 16.6. The molecule has 2 N–H and O–H groups in total.